The quantitative estimate of drug-likeness (QED) is 0.515. The lowest BCUT2D eigenvalue weighted by molar-refractivity contribution is 0.0450. The van der Waals surface area contributed by atoms with Gasteiger partial charge in [0, 0.05) is 14.1 Å². The van der Waals surface area contributed by atoms with E-state index in [0.29, 0.717) is 0 Å². The van der Waals surface area contributed by atoms with E-state index in [-0.39, 0.29) is 28.7 Å². The summed E-state index contributed by atoms with van der Waals surface area (Å²) in [5, 5.41) is 0.0403. The van der Waals surface area contributed by atoms with E-state index in [1.807, 2.05) is 32.0 Å². The van der Waals surface area contributed by atoms with Crippen molar-refractivity contribution >= 4 is 27.6 Å². The van der Waals surface area contributed by atoms with Crippen molar-refractivity contribution in [2.45, 2.75) is 18.7 Å². The van der Waals surface area contributed by atoms with E-state index in [1.54, 1.807) is 0 Å². The number of sulfonamides is 1. The maximum atomic E-state index is 12.3. The molecule has 0 aliphatic heterocycles. The minimum Gasteiger partial charge on any atom is -0.490 e. The minimum absolute atomic E-state index is 0.0323. The Morgan fingerprint density at radius 3 is 2.44 bits per heavy atom. The normalized spacial score (nSPS) is 11.5. The van der Waals surface area contributed by atoms with Gasteiger partial charge in [-0.15, -0.1) is 0 Å². The van der Waals surface area contributed by atoms with Gasteiger partial charge in [0.15, 0.2) is 0 Å². The van der Waals surface area contributed by atoms with Gasteiger partial charge in [0.2, 0.25) is 10.0 Å². The van der Waals surface area contributed by atoms with Gasteiger partial charge in [-0.3, -0.25) is 0 Å². The van der Waals surface area contributed by atoms with Crippen LogP contribution in [0.5, 0.6) is 5.75 Å². The standard InChI is InChI=1S/C19H22ClNO5S/c1-13-5-6-14(2)17(11-13)25-9-10-26-19(22)15-7-8-16(20)18(12-15)27(23,24)21(3)4/h5-8,11-12H,9-10H2,1-4H3. The van der Waals surface area contributed by atoms with Crippen LogP contribution < -0.4 is 4.74 Å². The average Bonchev–Trinajstić information content (AvgIpc) is 2.61. The Morgan fingerprint density at radius 1 is 1.07 bits per heavy atom. The summed E-state index contributed by atoms with van der Waals surface area (Å²) in [7, 11) is -0.984. The monoisotopic (exact) mass is 411 g/mol. The highest BCUT2D eigenvalue weighted by atomic mass is 35.5. The van der Waals surface area contributed by atoms with E-state index in [9.17, 15) is 13.2 Å². The molecule has 0 heterocycles. The molecule has 0 bridgehead atoms. The molecule has 27 heavy (non-hydrogen) atoms. The maximum absolute atomic E-state index is 12.3. The van der Waals surface area contributed by atoms with Crippen LogP contribution in [0.4, 0.5) is 0 Å². The number of carbonyl (C=O) groups is 1. The van der Waals surface area contributed by atoms with Crippen molar-refractivity contribution in [2.75, 3.05) is 27.3 Å². The van der Waals surface area contributed by atoms with Gasteiger partial charge in [0.1, 0.15) is 23.9 Å². The van der Waals surface area contributed by atoms with Crippen LogP contribution in [-0.4, -0.2) is 46.0 Å². The molecule has 0 N–H and O–H groups in total. The number of rotatable bonds is 7. The molecule has 8 heteroatoms. The SMILES string of the molecule is Cc1ccc(C)c(OCCOC(=O)c2ccc(Cl)c(S(=O)(=O)N(C)C)c2)c1. The molecule has 2 aromatic rings. The lowest BCUT2D eigenvalue weighted by Gasteiger charge is -2.14. The van der Waals surface area contributed by atoms with Crippen molar-refractivity contribution in [3.8, 4) is 5.75 Å². The average molecular weight is 412 g/mol. The molecular formula is C19H22ClNO5S. The van der Waals surface area contributed by atoms with Crippen LogP contribution in [0.3, 0.4) is 0 Å². The van der Waals surface area contributed by atoms with Crippen molar-refractivity contribution in [1.29, 1.82) is 0 Å². The van der Waals surface area contributed by atoms with Crippen LogP contribution in [-0.2, 0) is 14.8 Å². The van der Waals surface area contributed by atoms with Crippen LogP contribution in [0.2, 0.25) is 5.02 Å². The summed E-state index contributed by atoms with van der Waals surface area (Å²) in [5.41, 5.74) is 2.16. The predicted octanol–water partition coefficient (Wildman–Crippen LogP) is 3.44. The van der Waals surface area contributed by atoms with Gasteiger partial charge in [0.25, 0.3) is 0 Å². The van der Waals surface area contributed by atoms with Crippen LogP contribution in [0.25, 0.3) is 0 Å². The molecule has 0 aliphatic rings. The van der Waals surface area contributed by atoms with Gasteiger partial charge in [-0.2, -0.15) is 0 Å². The van der Waals surface area contributed by atoms with Crippen molar-refractivity contribution in [2.24, 2.45) is 0 Å². The van der Waals surface area contributed by atoms with E-state index >= 15 is 0 Å². The number of ether oxygens (including phenoxy) is 2. The smallest absolute Gasteiger partial charge is 0.338 e. The summed E-state index contributed by atoms with van der Waals surface area (Å²) in [6.45, 7) is 4.12. The summed E-state index contributed by atoms with van der Waals surface area (Å²) < 4.78 is 36.4. The Labute approximate surface area is 164 Å². The summed E-state index contributed by atoms with van der Waals surface area (Å²) in [6.07, 6.45) is 0. The first-order valence-corrected chi connectivity index (χ1v) is 10.0. The third kappa shape index (κ3) is 5.22. The zero-order valence-corrected chi connectivity index (χ0v) is 17.2. The molecule has 0 aromatic heterocycles. The lowest BCUT2D eigenvalue weighted by atomic mass is 10.1. The molecule has 2 rings (SSSR count). The second kappa shape index (κ2) is 8.73. The molecule has 0 atom stereocenters. The first-order chi connectivity index (χ1) is 12.6. The largest absolute Gasteiger partial charge is 0.490 e. The van der Waals surface area contributed by atoms with Gasteiger partial charge < -0.3 is 9.47 Å². The van der Waals surface area contributed by atoms with Crippen molar-refractivity contribution < 1.29 is 22.7 Å². The highest BCUT2D eigenvalue weighted by Gasteiger charge is 2.22. The number of benzene rings is 2. The molecule has 0 saturated heterocycles. The van der Waals surface area contributed by atoms with Crippen molar-refractivity contribution in [3.05, 3.63) is 58.1 Å². The van der Waals surface area contributed by atoms with Crippen LogP contribution >= 0.6 is 11.6 Å². The maximum Gasteiger partial charge on any atom is 0.338 e. The van der Waals surface area contributed by atoms with E-state index in [2.05, 4.69) is 0 Å². The second-order valence-electron chi connectivity index (χ2n) is 6.19. The van der Waals surface area contributed by atoms with Crippen molar-refractivity contribution in [1.82, 2.24) is 4.31 Å². The molecule has 146 valence electrons. The predicted molar refractivity (Wildman–Crippen MR) is 104 cm³/mol. The van der Waals surface area contributed by atoms with E-state index < -0.39 is 16.0 Å². The number of hydrogen-bond acceptors (Lipinski definition) is 5. The van der Waals surface area contributed by atoms with E-state index in [1.165, 1.54) is 32.3 Å². The minimum atomic E-state index is -3.76. The molecule has 0 saturated carbocycles. The Hall–Kier alpha value is -2.09. The highest BCUT2D eigenvalue weighted by molar-refractivity contribution is 7.89. The number of carbonyl (C=O) groups excluding carboxylic acids is 1. The lowest BCUT2D eigenvalue weighted by Crippen LogP contribution is -2.23. The van der Waals surface area contributed by atoms with Gasteiger partial charge in [0.05, 0.1) is 10.6 Å². The molecule has 0 spiro atoms. The number of esters is 1. The zero-order chi connectivity index (χ0) is 20.2. The first kappa shape index (κ1) is 21.2. The summed E-state index contributed by atoms with van der Waals surface area (Å²) in [6, 6.07) is 9.85. The number of halogens is 1. The Bertz CT molecular complexity index is 941. The van der Waals surface area contributed by atoms with Crippen LogP contribution in [0, 0.1) is 13.8 Å². The Balaban J connectivity index is 2.01. The molecule has 0 radical (unpaired) electrons. The fraction of sp³-hybridized carbons (Fsp3) is 0.316. The number of aryl methyl sites for hydroxylation is 2. The molecule has 2 aromatic carbocycles. The fourth-order valence-corrected chi connectivity index (χ4v) is 3.65. The molecule has 0 fully saturated rings. The third-order valence-corrected chi connectivity index (χ3v) is 6.14. The fourth-order valence-electron chi connectivity index (χ4n) is 2.26. The molecule has 0 aliphatic carbocycles. The Kier molecular flexibility index (Phi) is 6.86. The van der Waals surface area contributed by atoms with Crippen molar-refractivity contribution in [3.63, 3.8) is 0 Å². The molecule has 0 amide bonds. The number of hydrogen-bond donors (Lipinski definition) is 0. The van der Waals surface area contributed by atoms with Gasteiger partial charge in [-0.25, -0.2) is 17.5 Å². The van der Waals surface area contributed by atoms with Gasteiger partial charge in [-0.05, 0) is 49.2 Å². The van der Waals surface area contributed by atoms with E-state index in [0.717, 1.165) is 21.2 Å². The van der Waals surface area contributed by atoms with Crippen LogP contribution in [0.1, 0.15) is 21.5 Å². The Morgan fingerprint density at radius 2 is 1.78 bits per heavy atom. The topological polar surface area (TPSA) is 72.9 Å². The first-order valence-electron chi connectivity index (χ1n) is 8.22. The summed E-state index contributed by atoms with van der Waals surface area (Å²) in [5.74, 6) is 0.0864. The number of nitrogens with zero attached hydrogens (tertiary/aromatic N) is 1. The summed E-state index contributed by atoms with van der Waals surface area (Å²) in [4.78, 5) is 12.1. The highest BCUT2D eigenvalue weighted by Crippen LogP contribution is 2.25. The molecule has 0 unspecified atom stereocenters. The van der Waals surface area contributed by atoms with Gasteiger partial charge in [-0.1, -0.05) is 23.7 Å². The molecular weight excluding hydrogens is 390 g/mol. The van der Waals surface area contributed by atoms with Gasteiger partial charge >= 0.3 is 5.97 Å². The molecule has 6 nitrogen and oxygen atoms in total. The van der Waals surface area contributed by atoms with E-state index in [4.69, 9.17) is 21.1 Å². The summed E-state index contributed by atoms with van der Waals surface area (Å²) >= 11 is 5.97. The zero-order valence-electron chi connectivity index (χ0n) is 15.7. The second-order valence-corrected chi connectivity index (χ2v) is 8.71. The van der Waals surface area contributed by atoms with Crippen LogP contribution in [0.15, 0.2) is 41.3 Å². The third-order valence-electron chi connectivity index (χ3n) is 3.84.